The monoisotopic (exact) mass is 612 g/mol. The second-order valence-electron chi connectivity index (χ2n) is 11.4. The van der Waals surface area contributed by atoms with Crippen LogP contribution in [0.15, 0.2) is 65.1 Å². The Morgan fingerprint density at radius 3 is 2.33 bits per heavy atom. The van der Waals surface area contributed by atoms with Gasteiger partial charge in [0.15, 0.2) is 0 Å². The molecule has 9 nitrogen and oxygen atoms in total. The molecule has 0 aromatic heterocycles. The summed E-state index contributed by atoms with van der Waals surface area (Å²) >= 11 is 0. The first kappa shape index (κ1) is 32.0. The predicted molar refractivity (Wildman–Crippen MR) is 181 cm³/mol. The molecule has 0 spiro atoms. The van der Waals surface area contributed by atoms with Gasteiger partial charge < -0.3 is 24.7 Å². The van der Waals surface area contributed by atoms with Crippen LogP contribution < -0.4 is 20.6 Å². The largest absolute Gasteiger partial charge is 0.456 e. The van der Waals surface area contributed by atoms with Crippen LogP contribution in [0.25, 0.3) is 33.4 Å². The number of nitrogens with zero attached hydrogens (tertiary/aromatic N) is 4. The summed E-state index contributed by atoms with van der Waals surface area (Å²) in [6.45, 7) is 16.2. The molecule has 0 unspecified atom stereocenters. The zero-order valence-electron chi connectivity index (χ0n) is 27.1. The van der Waals surface area contributed by atoms with E-state index in [1.807, 2.05) is 23.1 Å². The molecule has 9 heteroatoms. The molecular formula is C36H46N5O4+. The van der Waals surface area contributed by atoms with Gasteiger partial charge in [-0.05, 0) is 63.9 Å². The Balaban J connectivity index is 1.55. The molecule has 1 saturated heterocycles. The summed E-state index contributed by atoms with van der Waals surface area (Å²) < 4.78 is 13.8. The van der Waals surface area contributed by atoms with Crippen molar-refractivity contribution in [3.8, 4) is 22.5 Å². The number of carbonyl (C=O) groups excluding carboxylic acids is 2. The van der Waals surface area contributed by atoms with E-state index in [2.05, 4.69) is 84.5 Å². The van der Waals surface area contributed by atoms with Gasteiger partial charge in [-0.3, -0.25) is 9.69 Å². The Morgan fingerprint density at radius 2 is 1.64 bits per heavy atom. The molecule has 0 atom stereocenters. The Hall–Kier alpha value is -4.37. The number of rotatable bonds is 11. The number of benzene rings is 3. The van der Waals surface area contributed by atoms with Gasteiger partial charge in [-0.25, -0.2) is 9.37 Å². The maximum atomic E-state index is 14.1. The summed E-state index contributed by atoms with van der Waals surface area (Å²) in [5.41, 5.74) is 10.6. The Labute approximate surface area is 265 Å². The average Bonchev–Trinajstić information content (AvgIpc) is 3.06. The summed E-state index contributed by atoms with van der Waals surface area (Å²) in [7, 11) is 0. The van der Waals surface area contributed by atoms with Crippen LogP contribution in [0.2, 0.25) is 0 Å². The number of primary amides is 1. The SMILES string of the molecule is CCN(CC)c1ccc2c(-c3ccccc3C(=O)N3CCN(CCCOC(N)=O)CC3)c3ccc(=[N+](CC)CC)cc-3oc2c1. The molecule has 5 rings (SSSR count). The molecule has 45 heavy (non-hydrogen) atoms. The van der Waals surface area contributed by atoms with E-state index in [4.69, 9.17) is 14.9 Å². The lowest BCUT2D eigenvalue weighted by Gasteiger charge is -2.35. The summed E-state index contributed by atoms with van der Waals surface area (Å²) in [5.74, 6) is 0.832. The van der Waals surface area contributed by atoms with Crippen LogP contribution in [0, 0.1) is 0 Å². The van der Waals surface area contributed by atoms with Crippen molar-refractivity contribution in [1.29, 1.82) is 0 Å². The van der Waals surface area contributed by atoms with Gasteiger partial charge in [0.2, 0.25) is 5.36 Å². The third kappa shape index (κ3) is 6.99. The van der Waals surface area contributed by atoms with Crippen LogP contribution in [0.5, 0.6) is 0 Å². The Kier molecular flexibility index (Phi) is 10.4. The number of hydrogen-bond acceptors (Lipinski definition) is 6. The Morgan fingerprint density at radius 1 is 0.911 bits per heavy atom. The number of anilines is 1. The first-order valence-electron chi connectivity index (χ1n) is 16.2. The zero-order chi connectivity index (χ0) is 31.9. The van der Waals surface area contributed by atoms with E-state index in [0.29, 0.717) is 31.7 Å². The van der Waals surface area contributed by atoms with Crippen molar-refractivity contribution in [3.05, 3.63) is 71.6 Å². The minimum atomic E-state index is -0.745. The second-order valence-corrected chi connectivity index (χ2v) is 11.4. The lowest BCUT2D eigenvalue weighted by atomic mass is 9.90. The first-order valence-corrected chi connectivity index (χ1v) is 16.2. The summed E-state index contributed by atoms with van der Waals surface area (Å²) in [4.78, 5) is 31.5. The van der Waals surface area contributed by atoms with E-state index in [1.54, 1.807) is 0 Å². The standard InChI is InChI=1S/C36H45N5O4/c1-5-39(6-2)26-14-16-30-32(24-26)45-33-25-27(40(7-3)8-4)15-17-31(33)34(30)28-12-9-10-13-29(28)35(42)41-21-19-38(20-22-41)18-11-23-44-36(37)43/h9-10,12-17,24-25H,5-8,11,18-23H2,1-4H3,(H-,37,43)/p+1. The number of carbonyl (C=O) groups is 2. The highest BCUT2D eigenvalue weighted by molar-refractivity contribution is 6.09. The average molecular weight is 613 g/mol. The van der Waals surface area contributed by atoms with Crippen LogP contribution in [0.4, 0.5) is 10.5 Å². The molecule has 2 amide bonds. The number of fused-ring (bicyclic) bond motifs is 2. The van der Waals surface area contributed by atoms with E-state index < -0.39 is 6.09 Å². The third-order valence-corrected chi connectivity index (χ3v) is 8.90. The number of hydrogen-bond donors (Lipinski definition) is 1. The van der Waals surface area contributed by atoms with E-state index in [0.717, 1.165) is 90.3 Å². The second kappa shape index (κ2) is 14.6. The fraction of sp³-hybridized carbons (Fsp3) is 0.417. The smallest absolute Gasteiger partial charge is 0.404 e. The highest BCUT2D eigenvalue weighted by atomic mass is 16.5. The van der Waals surface area contributed by atoms with Crippen molar-refractivity contribution < 1.29 is 18.7 Å². The van der Waals surface area contributed by atoms with Crippen molar-refractivity contribution in [2.24, 2.45) is 5.73 Å². The summed E-state index contributed by atoms with van der Waals surface area (Å²) in [6.07, 6.45) is -0.0318. The predicted octanol–water partition coefficient (Wildman–Crippen LogP) is 5.11. The topological polar surface area (TPSA) is 95.3 Å². The molecular weight excluding hydrogens is 566 g/mol. The highest BCUT2D eigenvalue weighted by Gasteiger charge is 2.27. The van der Waals surface area contributed by atoms with Crippen LogP contribution >= 0.6 is 0 Å². The number of amides is 2. The molecule has 2 aliphatic heterocycles. The molecule has 3 aliphatic rings. The van der Waals surface area contributed by atoms with Gasteiger partial charge in [0, 0.05) is 85.7 Å². The van der Waals surface area contributed by atoms with E-state index in [1.165, 1.54) is 0 Å². The van der Waals surface area contributed by atoms with Crippen LogP contribution in [0.1, 0.15) is 44.5 Å². The van der Waals surface area contributed by atoms with Crippen LogP contribution in [-0.2, 0) is 4.74 Å². The van der Waals surface area contributed by atoms with Gasteiger partial charge in [0.05, 0.1) is 12.7 Å². The lowest BCUT2D eigenvalue weighted by Crippen LogP contribution is -2.49. The number of piperazine rings is 1. The van der Waals surface area contributed by atoms with Gasteiger partial charge in [0.25, 0.3) is 5.91 Å². The highest BCUT2D eigenvalue weighted by Crippen LogP contribution is 2.42. The zero-order valence-corrected chi connectivity index (χ0v) is 27.1. The fourth-order valence-corrected chi connectivity index (χ4v) is 6.42. The summed E-state index contributed by atoms with van der Waals surface area (Å²) in [5, 5.41) is 2.10. The van der Waals surface area contributed by atoms with Crippen molar-refractivity contribution in [1.82, 2.24) is 14.4 Å². The molecule has 0 radical (unpaired) electrons. The van der Waals surface area contributed by atoms with Crippen molar-refractivity contribution in [2.75, 3.05) is 70.4 Å². The molecule has 0 saturated carbocycles. The molecule has 238 valence electrons. The fourth-order valence-electron chi connectivity index (χ4n) is 6.42. The maximum absolute atomic E-state index is 14.1. The third-order valence-electron chi connectivity index (χ3n) is 8.90. The Bertz CT molecular complexity index is 1680. The molecule has 1 fully saturated rings. The van der Waals surface area contributed by atoms with Crippen molar-refractivity contribution in [3.63, 3.8) is 0 Å². The molecule has 2 N–H and O–H groups in total. The summed E-state index contributed by atoms with van der Waals surface area (Å²) in [6, 6.07) is 20.8. The normalized spacial score (nSPS) is 13.7. The molecule has 2 heterocycles. The quantitative estimate of drug-likeness (QED) is 0.144. The van der Waals surface area contributed by atoms with E-state index >= 15 is 0 Å². The molecule has 0 bridgehead atoms. The van der Waals surface area contributed by atoms with Gasteiger partial charge in [0.1, 0.15) is 24.4 Å². The van der Waals surface area contributed by atoms with Gasteiger partial charge in [-0.15, -0.1) is 0 Å². The minimum absolute atomic E-state index is 0.0314. The molecule has 1 aliphatic carbocycles. The van der Waals surface area contributed by atoms with Crippen molar-refractivity contribution >= 4 is 28.7 Å². The van der Waals surface area contributed by atoms with E-state index in [-0.39, 0.29) is 5.91 Å². The first-order chi connectivity index (χ1) is 21.9. The molecule has 2 aromatic rings. The van der Waals surface area contributed by atoms with Crippen molar-refractivity contribution in [2.45, 2.75) is 34.1 Å². The maximum Gasteiger partial charge on any atom is 0.404 e. The lowest BCUT2D eigenvalue weighted by molar-refractivity contribution is 0.0626. The van der Waals surface area contributed by atoms with Crippen LogP contribution in [0.3, 0.4) is 0 Å². The van der Waals surface area contributed by atoms with Crippen LogP contribution in [-0.4, -0.2) is 87.3 Å². The van der Waals surface area contributed by atoms with E-state index in [9.17, 15) is 9.59 Å². The van der Waals surface area contributed by atoms with Gasteiger partial charge in [-0.2, -0.15) is 0 Å². The minimum Gasteiger partial charge on any atom is -0.456 e. The van der Waals surface area contributed by atoms with Gasteiger partial charge in [-0.1, -0.05) is 18.2 Å². The molecule has 2 aromatic carbocycles. The number of nitrogens with two attached hydrogens (primary N) is 1. The number of ether oxygens (including phenoxy) is 1. The van der Waals surface area contributed by atoms with Gasteiger partial charge >= 0.3 is 6.09 Å².